The quantitative estimate of drug-likeness (QED) is 0.505. The Labute approximate surface area is 54.5 Å². The summed E-state index contributed by atoms with van der Waals surface area (Å²) in [5, 5.41) is 8.26. The fourth-order valence-electron chi connectivity index (χ4n) is 0.398. The minimum Gasteiger partial charge on any atom is -0.299 e. The molecule has 0 bridgehead atoms. The number of hydrogen-bond donors (Lipinski definition) is 0. The number of carbonyl (C=O) groups is 1. The molecule has 0 heterocycles. The van der Waals surface area contributed by atoms with Crippen molar-refractivity contribution in [3.63, 3.8) is 0 Å². The van der Waals surface area contributed by atoms with Crippen LogP contribution in [0.1, 0.15) is 13.3 Å². The Morgan fingerprint density at radius 2 is 2.44 bits per heavy atom. The molecule has 0 aromatic heterocycles. The summed E-state index contributed by atoms with van der Waals surface area (Å²) in [7, 11) is 0. The Kier molecular flexibility index (Phi) is 3.16. The van der Waals surface area contributed by atoms with E-state index in [2.05, 4.69) is 5.92 Å². The van der Waals surface area contributed by atoms with E-state index in [1.807, 2.05) is 6.07 Å². The molecule has 1 unspecified atom stereocenters. The van der Waals surface area contributed by atoms with E-state index in [4.69, 9.17) is 11.7 Å². The Bertz CT molecular complexity index is 182. The van der Waals surface area contributed by atoms with Crippen molar-refractivity contribution in [2.45, 2.75) is 13.3 Å². The molecule has 0 saturated heterocycles. The molecule has 2 heteroatoms. The van der Waals surface area contributed by atoms with Crippen LogP contribution in [-0.2, 0) is 4.79 Å². The van der Waals surface area contributed by atoms with Gasteiger partial charge in [-0.3, -0.25) is 4.79 Å². The molecule has 0 fully saturated rings. The van der Waals surface area contributed by atoms with Crippen LogP contribution in [-0.4, -0.2) is 5.78 Å². The second kappa shape index (κ2) is 3.69. The first kappa shape index (κ1) is 7.72. The molecule has 0 saturated carbocycles. The van der Waals surface area contributed by atoms with E-state index in [0.29, 0.717) is 0 Å². The third kappa shape index (κ3) is 2.51. The van der Waals surface area contributed by atoms with Gasteiger partial charge in [-0.1, -0.05) is 0 Å². The van der Waals surface area contributed by atoms with Crippen molar-refractivity contribution < 1.29 is 4.79 Å². The zero-order valence-corrected chi connectivity index (χ0v) is 5.22. The van der Waals surface area contributed by atoms with Crippen molar-refractivity contribution in [3.05, 3.63) is 0 Å². The van der Waals surface area contributed by atoms with Gasteiger partial charge in [0.25, 0.3) is 0 Å². The summed E-state index contributed by atoms with van der Waals surface area (Å²) >= 11 is 0. The van der Waals surface area contributed by atoms with Crippen molar-refractivity contribution in [3.8, 4) is 18.4 Å². The molecule has 9 heavy (non-hydrogen) atoms. The number of terminal acetylenes is 1. The van der Waals surface area contributed by atoms with Gasteiger partial charge in [0.2, 0.25) is 0 Å². The van der Waals surface area contributed by atoms with Crippen LogP contribution < -0.4 is 0 Å². The summed E-state index contributed by atoms with van der Waals surface area (Å²) in [4.78, 5) is 10.4. The third-order valence-electron chi connectivity index (χ3n) is 0.969. The SMILES string of the molecule is C#CCC(C#N)C(C)=O. The van der Waals surface area contributed by atoms with E-state index < -0.39 is 5.92 Å². The lowest BCUT2D eigenvalue weighted by Gasteiger charge is -1.94. The lowest BCUT2D eigenvalue weighted by atomic mass is 10.0. The summed E-state index contributed by atoms with van der Waals surface area (Å²) in [5.74, 6) is 1.50. The highest BCUT2D eigenvalue weighted by Crippen LogP contribution is 1.99. The predicted octanol–water partition coefficient (Wildman–Crippen LogP) is 0.738. The Balaban J connectivity index is 3.91. The van der Waals surface area contributed by atoms with Crippen molar-refractivity contribution in [2.75, 3.05) is 0 Å². The average Bonchev–Trinajstić information content (AvgIpc) is 1.82. The first-order valence-corrected chi connectivity index (χ1v) is 2.56. The second-order valence-corrected chi connectivity index (χ2v) is 1.70. The fraction of sp³-hybridized carbons (Fsp3) is 0.429. The fourth-order valence-corrected chi connectivity index (χ4v) is 0.398. The summed E-state index contributed by atoms with van der Waals surface area (Å²) in [6.07, 6.45) is 5.12. The molecule has 0 spiro atoms. The zero-order valence-electron chi connectivity index (χ0n) is 5.22. The van der Waals surface area contributed by atoms with Crippen LogP contribution in [0.15, 0.2) is 0 Å². The number of nitriles is 1. The minimum absolute atomic E-state index is 0.157. The van der Waals surface area contributed by atoms with Gasteiger partial charge in [0.15, 0.2) is 0 Å². The van der Waals surface area contributed by atoms with Gasteiger partial charge >= 0.3 is 0 Å². The summed E-state index contributed by atoms with van der Waals surface area (Å²) in [6, 6.07) is 1.81. The van der Waals surface area contributed by atoms with Gasteiger partial charge in [0.05, 0.1) is 6.07 Å². The summed E-state index contributed by atoms with van der Waals surface area (Å²) in [5.41, 5.74) is 0. The van der Waals surface area contributed by atoms with Crippen LogP contribution in [0.3, 0.4) is 0 Å². The molecule has 1 atom stereocenters. The first-order chi connectivity index (χ1) is 4.22. The first-order valence-electron chi connectivity index (χ1n) is 2.56. The van der Waals surface area contributed by atoms with Gasteiger partial charge in [-0.15, -0.1) is 12.3 Å². The third-order valence-corrected chi connectivity index (χ3v) is 0.969. The van der Waals surface area contributed by atoms with E-state index in [-0.39, 0.29) is 12.2 Å². The monoisotopic (exact) mass is 121 g/mol. The van der Waals surface area contributed by atoms with Gasteiger partial charge in [-0.25, -0.2) is 0 Å². The van der Waals surface area contributed by atoms with Gasteiger partial charge in [0.1, 0.15) is 11.7 Å². The average molecular weight is 121 g/mol. The molecular weight excluding hydrogens is 114 g/mol. The van der Waals surface area contributed by atoms with Gasteiger partial charge in [-0.2, -0.15) is 5.26 Å². The summed E-state index contributed by atoms with van der Waals surface area (Å²) < 4.78 is 0. The van der Waals surface area contributed by atoms with Crippen LogP contribution in [0.2, 0.25) is 0 Å². The lowest BCUT2D eigenvalue weighted by molar-refractivity contribution is -0.119. The van der Waals surface area contributed by atoms with E-state index in [1.54, 1.807) is 0 Å². The van der Waals surface area contributed by atoms with Gasteiger partial charge < -0.3 is 0 Å². The molecule has 0 aliphatic heterocycles. The van der Waals surface area contributed by atoms with Crippen molar-refractivity contribution >= 4 is 5.78 Å². The molecule has 0 rings (SSSR count). The van der Waals surface area contributed by atoms with E-state index in [1.165, 1.54) is 6.92 Å². The molecule has 0 amide bonds. The van der Waals surface area contributed by atoms with Crippen LogP contribution in [0.4, 0.5) is 0 Å². The number of Topliss-reactive ketones (excluding diaryl/α,β-unsaturated/α-hetero) is 1. The highest BCUT2D eigenvalue weighted by molar-refractivity contribution is 5.80. The highest BCUT2D eigenvalue weighted by atomic mass is 16.1. The van der Waals surface area contributed by atoms with E-state index >= 15 is 0 Å². The lowest BCUT2D eigenvalue weighted by Crippen LogP contribution is -2.06. The Morgan fingerprint density at radius 3 is 2.56 bits per heavy atom. The zero-order chi connectivity index (χ0) is 7.28. The Morgan fingerprint density at radius 1 is 1.89 bits per heavy atom. The number of ketones is 1. The molecule has 0 aliphatic rings. The highest BCUT2D eigenvalue weighted by Gasteiger charge is 2.09. The molecule has 0 aromatic rings. The molecule has 0 radical (unpaired) electrons. The van der Waals surface area contributed by atoms with E-state index in [0.717, 1.165) is 0 Å². The minimum atomic E-state index is -0.602. The van der Waals surface area contributed by atoms with Crippen molar-refractivity contribution in [1.82, 2.24) is 0 Å². The Hall–Kier alpha value is -1.28. The maximum absolute atomic E-state index is 10.4. The maximum Gasteiger partial charge on any atom is 0.147 e. The van der Waals surface area contributed by atoms with Crippen LogP contribution in [0.25, 0.3) is 0 Å². The number of hydrogen-bond acceptors (Lipinski definition) is 2. The number of nitrogens with zero attached hydrogens (tertiary/aromatic N) is 1. The number of rotatable bonds is 2. The molecule has 0 N–H and O–H groups in total. The standard InChI is InChI=1S/C7H7NO/c1-3-4-7(5-8)6(2)9/h1,7H,4H2,2H3. The van der Waals surface area contributed by atoms with Crippen LogP contribution in [0, 0.1) is 29.6 Å². The second-order valence-electron chi connectivity index (χ2n) is 1.70. The van der Waals surface area contributed by atoms with Gasteiger partial charge in [0, 0.05) is 6.42 Å². The molecule has 2 nitrogen and oxygen atoms in total. The largest absolute Gasteiger partial charge is 0.299 e. The van der Waals surface area contributed by atoms with Crippen LogP contribution >= 0.6 is 0 Å². The smallest absolute Gasteiger partial charge is 0.147 e. The molecule has 46 valence electrons. The normalized spacial score (nSPS) is 11.0. The van der Waals surface area contributed by atoms with Crippen molar-refractivity contribution in [2.24, 2.45) is 5.92 Å². The maximum atomic E-state index is 10.4. The van der Waals surface area contributed by atoms with Crippen molar-refractivity contribution in [1.29, 1.82) is 5.26 Å². The molecule has 0 aromatic carbocycles. The predicted molar refractivity (Wildman–Crippen MR) is 33.2 cm³/mol. The van der Waals surface area contributed by atoms with E-state index in [9.17, 15) is 4.79 Å². The van der Waals surface area contributed by atoms with Gasteiger partial charge in [-0.05, 0) is 6.92 Å². The summed E-state index contributed by atoms with van der Waals surface area (Å²) in [6.45, 7) is 1.37. The number of carbonyl (C=O) groups excluding carboxylic acids is 1. The van der Waals surface area contributed by atoms with Crippen LogP contribution in [0.5, 0.6) is 0 Å². The topological polar surface area (TPSA) is 40.9 Å². The molecular formula is C7H7NO. The molecule has 0 aliphatic carbocycles.